The molecule has 0 aromatic heterocycles. The minimum absolute atomic E-state index is 0.500. The first-order valence-corrected chi connectivity index (χ1v) is 9.67. The number of guanidine groups is 1. The number of rotatable bonds is 9. The summed E-state index contributed by atoms with van der Waals surface area (Å²) >= 11 is 0. The SMILES string of the molecule is COc1ccc(CCNC(N)=NCC(C)CN2CCN(C)CC2)cc1OC. The second-order valence-corrected chi connectivity index (χ2v) is 7.30. The van der Waals surface area contributed by atoms with Gasteiger partial charge in [0.15, 0.2) is 17.5 Å². The van der Waals surface area contributed by atoms with E-state index in [4.69, 9.17) is 15.2 Å². The minimum Gasteiger partial charge on any atom is -0.493 e. The Morgan fingerprint density at radius 1 is 1.19 bits per heavy atom. The number of nitrogens with zero attached hydrogens (tertiary/aromatic N) is 3. The number of nitrogens with one attached hydrogen (secondary N) is 1. The highest BCUT2D eigenvalue weighted by Gasteiger charge is 2.15. The fourth-order valence-electron chi connectivity index (χ4n) is 3.21. The minimum atomic E-state index is 0.500. The molecule has 1 heterocycles. The summed E-state index contributed by atoms with van der Waals surface area (Å²) in [7, 11) is 5.47. The van der Waals surface area contributed by atoms with Gasteiger partial charge in [-0.1, -0.05) is 13.0 Å². The molecule has 7 heteroatoms. The summed E-state index contributed by atoms with van der Waals surface area (Å²) in [6.07, 6.45) is 0.841. The van der Waals surface area contributed by atoms with Crippen molar-refractivity contribution in [3.8, 4) is 11.5 Å². The van der Waals surface area contributed by atoms with Gasteiger partial charge in [0.25, 0.3) is 0 Å². The average molecular weight is 378 g/mol. The standard InChI is InChI=1S/C20H35N5O2/c1-16(15-25-11-9-24(2)10-12-25)14-23-20(21)22-8-7-17-5-6-18(26-3)19(13-17)27-4/h5-6,13,16H,7-12,14-15H2,1-4H3,(H3,21,22,23). The summed E-state index contributed by atoms with van der Waals surface area (Å²) in [5.74, 6) is 2.50. The van der Waals surface area contributed by atoms with Gasteiger partial charge in [-0.15, -0.1) is 0 Å². The molecule has 1 atom stereocenters. The zero-order valence-corrected chi connectivity index (χ0v) is 17.2. The Morgan fingerprint density at radius 2 is 1.89 bits per heavy atom. The molecule has 0 bridgehead atoms. The molecule has 0 radical (unpaired) electrons. The maximum absolute atomic E-state index is 6.01. The van der Waals surface area contributed by atoms with E-state index in [0.717, 1.165) is 69.3 Å². The molecule has 7 nitrogen and oxygen atoms in total. The Hall–Kier alpha value is -1.99. The van der Waals surface area contributed by atoms with Crippen LogP contribution in [0.3, 0.4) is 0 Å². The van der Waals surface area contributed by atoms with E-state index in [1.54, 1.807) is 14.2 Å². The molecule has 1 aliphatic rings. The predicted molar refractivity (Wildman–Crippen MR) is 111 cm³/mol. The molecule has 1 unspecified atom stereocenters. The number of likely N-dealkylation sites (N-methyl/N-ethyl adjacent to an activating group) is 1. The normalized spacial score (nSPS) is 17.6. The third-order valence-electron chi connectivity index (χ3n) is 4.91. The first-order chi connectivity index (χ1) is 13.0. The van der Waals surface area contributed by atoms with Crippen molar-refractivity contribution in [1.29, 1.82) is 0 Å². The summed E-state index contributed by atoms with van der Waals surface area (Å²) in [6.45, 7) is 9.38. The summed E-state index contributed by atoms with van der Waals surface area (Å²) in [6, 6.07) is 5.95. The van der Waals surface area contributed by atoms with Gasteiger partial charge in [-0.25, -0.2) is 0 Å². The first kappa shape index (κ1) is 21.3. The average Bonchev–Trinajstić information content (AvgIpc) is 2.68. The molecule has 1 aromatic rings. The van der Waals surface area contributed by atoms with Crippen LogP contribution in [0.5, 0.6) is 11.5 Å². The predicted octanol–water partition coefficient (Wildman–Crippen LogP) is 1.03. The van der Waals surface area contributed by atoms with E-state index in [1.807, 2.05) is 18.2 Å². The molecule has 1 aliphatic heterocycles. The molecule has 1 fully saturated rings. The number of hydrogen-bond acceptors (Lipinski definition) is 5. The van der Waals surface area contributed by atoms with Crippen LogP contribution in [-0.2, 0) is 6.42 Å². The molecule has 0 amide bonds. The highest BCUT2D eigenvalue weighted by atomic mass is 16.5. The molecule has 152 valence electrons. The van der Waals surface area contributed by atoms with Crippen LogP contribution in [0.4, 0.5) is 0 Å². The fraction of sp³-hybridized carbons (Fsp3) is 0.650. The lowest BCUT2D eigenvalue weighted by Gasteiger charge is -2.33. The Morgan fingerprint density at radius 3 is 2.56 bits per heavy atom. The van der Waals surface area contributed by atoms with Crippen LogP contribution in [0.1, 0.15) is 12.5 Å². The molecule has 1 saturated heterocycles. The van der Waals surface area contributed by atoms with Crippen molar-refractivity contribution in [3.05, 3.63) is 23.8 Å². The first-order valence-electron chi connectivity index (χ1n) is 9.67. The lowest BCUT2D eigenvalue weighted by Crippen LogP contribution is -2.46. The zero-order valence-electron chi connectivity index (χ0n) is 17.2. The number of nitrogens with two attached hydrogens (primary N) is 1. The van der Waals surface area contributed by atoms with Crippen LogP contribution in [0.2, 0.25) is 0 Å². The van der Waals surface area contributed by atoms with Gasteiger partial charge >= 0.3 is 0 Å². The third-order valence-corrected chi connectivity index (χ3v) is 4.91. The van der Waals surface area contributed by atoms with Gasteiger partial charge in [0.05, 0.1) is 14.2 Å². The highest BCUT2D eigenvalue weighted by molar-refractivity contribution is 5.77. The quantitative estimate of drug-likeness (QED) is 0.495. The van der Waals surface area contributed by atoms with Crippen LogP contribution in [0, 0.1) is 5.92 Å². The maximum atomic E-state index is 6.01. The maximum Gasteiger partial charge on any atom is 0.188 e. The fourth-order valence-corrected chi connectivity index (χ4v) is 3.21. The van der Waals surface area contributed by atoms with E-state index < -0.39 is 0 Å². The van der Waals surface area contributed by atoms with Crippen molar-refractivity contribution in [1.82, 2.24) is 15.1 Å². The van der Waals surface area contributed by atoms with Crippen LogP contribution < -0.4 is 20.5 Å². The van der Waals surface area contributed by atoms with Gasteiger partial charge in [0.2, 0.25) is 0 Å². The van der Waals surface area contributed by atoms with Gasteiger partial charge in [-0.3, -0.25) is 4.99 Å². The van der Waals surface area contributed by atoms with Crippen molar-refractivity contribution in [3.63, 3.8) is 0 Å². The van der Waals surface area contributed by atoms with Crippen LogP contribution in [-0.4, -0.2) is 82.8 Å². The molecular weight excluding hydrogens is 342 g/mol. The van der Waals surface area contributed by atoms with E-state index in [1.165, 1.54) is 0 Å². The van der Waals surface area contributed by atoms with Crippen molar-refractivity contribution < 1.29 is 9.47 Å². The van der Waals surface area contributed by atoms with E-state index >= 15 is 0 Å². The van der Waals surface area contributed by atoms with E-state index in [0.29, 0.717) is 11.9 Å². The molecule has 3 N–H and O–H groups in total. The number of ether oxygens (including phenoxy) is 2. The summed E-state index contributed by atoms with van der Waals surface area (Å²) < 4.78 is 10.6. The molecule has 0 saturated carbocycles. The number of benzene rings is 1. The number of methoxy groups -OCH3 is 2. The summed E-state index contributed by atoms with van der Waals surface area (Å²) in [5.41, 5.74) is 7.18. The zero-order chi connectivity index (χ0) is 19.6. The van der Waals surface area contributed by atoms with Crippen molar-refractivity contribution in [2.45, 2.75) is 13.3 Å². The Labute approximate surface area is 163 Å². The van der Waals surface area contributed by atoms with Gasteiger partial charge in [0, 0.05) is 45.8 Å². The smallest absolute Gasteiger partial charge is 0.188 e. The second kappa shape index (κ2) is 11.0. The van der Waals surface area contributed by atoms with Gasteiger partial charge < -0.3 is 30.3 Å². The van der Waals surface area contributed by atoms with E-state index in [9.17, 15) is 0 Å². The van der Waals surface area contributed by atoms with Crippen molar-refractivity contribution >= 4 is 5.96 Å². The van der Waals surface area contributed by atoms with Gasteiger partial charge in [0.1, 0.15) is 0 Å². The van der Waals surface area contributed by atoms with E-state index in [2.05, 4.69) is 34.1 Å². The van der Waals surface area contributed by atoms with Gasteiger partial charge in [-0.05, 0) is 37.1 Å². The Bertz CT molecular complexity index is 600. The summed E-state index contributed by atoms with van der Waals surface area (Å²) in [5, 5.41) is 3.20. The molecule has 0 spiro atoms. The van der Waals surface area contributed by atoms with Gasteiger partial charge in [-0.2, -0.15) is 0 Å². The lowest BCUT2D eigenvalue weighted by molar-refractivity contribution is 0.140. The third kappa shape index (κ3) is 7.27. The largest absolute Gasteiger partial charge is 0.493 e. The van der Waals surface area contributed by atoms with Crippen molar-refractivity contribution in [2.24, 2.45) is 16.6 Å². The topological polar surface area (TPSA) is 75.4 Å². The molecule has 1 aromatic carbocycles. The highest BCUT2D eigenvalue weighted by Crippen LogP contribution is 2.27. The Kier molecular flexibility index (Phi) is 8.67. The number of piperazine rings is 1. The van der Waals surface area contributed by atoms with Crippen LogP contribution >= 0.6 is 0 Å². The van der Waals surface area contributed by atoms with E-state index in [-0.39, 0.29) is 0 Å². The molecule has 2 rings (SSSR count). The molecule has 0 aliphatic carbocycles. The molecular formula is C20H35N5O2. The summed E-state index contributed by atoms with van der Waals surface area (Å²) in [4.78, 5) is 9.39. The second-order valence-electron chi connectivity index (χ2n) is 7.30. The lowest BCUT2D eigenvalue weighted by atomic mass is 10.1. The van der Waals surface area contributed by atoms with Crippen molar-refractivity contribution in [2.75, 3.05) is 67.1 Å². The van der Waals surface area contributed by atoms with Crippen LogP contribution in [0.25, 0.3) is 0 Å². The number of hydrogen-bond donors (Lipinski definition) is 2. The monoisotopic (exact) mass is 377 g/mol. The van der Waals surface area contributed by atoms with Crippen LogP contribution in [0.15, 0.2) is 23.2 Å². The molecule has 27 heavy (non-hydrogen) atoms. The number of aliphatic imine (C=N–C) groups is 1. The Balaban J connectivity index is 1.69.